The zero-order valence-corrected chi connectivity index (χ0v) is 18.2. The summed E-state index contributed by atoms with van der Waals surface area (Å²) in [4.78, 5) is 24.0. The standard InChI is InChI=1S/C23H19BrN6O/c24-19-10-17-9-16(4-6-20(17)29-22(19)27)23(31)30(21(7-8-25)15-2-3-15)13-18-5-1-14(11-26)12-28-18/h1,4-6,9-10,12,15,21H,2-3,7,13H2,(H2,27,29)/t21-/m0/s1. The van der Waals surface area contributed by atoms with Crippen LogP contribution in [0.1, 0.15) is 40.9 Å². The van der Waals surface area contributed by atoms with Crippen LogP contribution in [-0.2, 0) is 6.54 Å². The monoisotopic (exact) mass is 474 g/mol. The maximum Gasteiger partial charge on any atom is 0.254 e. The summed E-state index contributed by atoms with van der Waals surface area (Å²) in [5.74, 6) is 0.550. The Balaban J connectivity index is 1.70. The van der Waals surface area contributed by atoms with Crippen LogP contribution in [0.2, 0.25) is 0 Å². The van der Waals surface area contributed by atoms with E-state index in [1.54, 1.807) is 35.2 Å². The fraction of sp³-hybridized carbons (Fsp3) is 0.261. The molecular formula is C23H19BrN6O. The number of fused-ring (bicyclic) bond motifs is 1. The lowest BCUT2D eigenvalue weighted by Gasteiger charge is -2.30. The van der Waals surface area contributed by atoms with Crippen molar-refractivity contribution in [1.82, 2.24) is 14.9 Å². The third kappa shape index (κ3) is 4.50. The second kappa shape index (κ2) is 8.71. The number of halogens is 1. The highest BCUT2D eigenvalue weighted by Crippen LogP contribution is 2.38. The van der Waals surface area contributed by atoms with E-state index in [-0.39, 0.29) is 24.9 Å². The molecule has 0 unspecified atom stereocenters. The van der Waals surface area contributed by atoms with Gasteiger partial charge in [0.2, 0.25) is 0 Å². The highest BCUT2D eigenvalue weighted by molar-refractivity contribution is 9.10. The maximum absolute atomic E-state index is 13.6. The van der Waals surface area contributed by atoms with E-state index in [9.17, 15) is 10.1 Å². The fourth-order valence-corrected chi connectivity index (χ4v) is 4.00. The Labute approximate surface area is 188 Å². The Morgan fingerprint density at radius 1 is 1.26 bits per heavy atom. The van der Waals surface area contributed by atoms with Crippen molar-refractivity contribution >= 4 is 38.6 Å². The molecule has 1 aliphatic rings. The number of amides is 1. The molecule has 3 aromatic rings. The lowest BCUT2D eigenvalue weighted by molar-refractivity contribution is 0.0636. The summed E-state index contributed by atoms with van der Waals surface area (Å²) in [7, 11) is 0. The van der Waals surface area contributed by atoms with Crippen molar-refractivity contribution in [2.45, 2.75) is 31.8 Å². The molecule has 2 heterocycles. The molecule has 1 aromatic carbocycles. The van der Waals surface area contributed by atoms with Crippen molar-refractivity contribution in [1.29, 1.82) is 10.5 Å². The molecular weight excluding hydrogens is 456 g/mol. The molecule has 1 amide bonds. The number of nitrogens with zero attached hydrogens (tertiary/aromatic N) is 5. The minimum atomic E-state index is -0.179. The van der Waals surface area contributed by atoms with Gasteiger partial charge in [0.15, 0.2) is 0 Å². The van der Waals surface area contributed by atoms with Gasteiger partial charge < -0.3 is 10.6 Å². The van der Waals surface area contributed by atoms with Crippen molar-refractivity contribution in [3.8, 4) is 12.1 Å². The van der Waals surface area contributed by atoms with Crippen LogP contribution in [0.15, 0.2) is 47.1 Å². The number of pyridine rings is 2. The van der Waals surface area contributed by atoms with Crippen molar-refractivity contribution in [3.05, 3.63) is 63.9 Å². The largest absolute Gasteiger partial charge is 0.383 e. The number of hydrogen-bond donors (Lipinski definition) is 1. The number of hydrogen-bond acceptors (Lipinski definition) is 6. The van der Waals surface area contributed by atoms with Crippen LogP contribution < -0.4 is 5.73 Å². The van der Waals surface area contributed by atoms with Crippen LogP contribution in [0.3, 0.4) is 0 Å². The molecule has 1 atom stereocenters. The number of nitriles is 2. The summed E-state index contributed by atoms with van der Waals surface area (Å²) in [6.45, 7) is 0.273. The van der Waals surface area contributed by atoms with E-state index in [4.69, 9.17) is 11.0 Å². The molecule has 0 bridgehead atoms. The van der Waals surface area contributed by atoms with Gasteiger partial charge in [-0.1, -0.05) is 0 Å². The minimum absolute atomic E-state index is 0.159. The van der Waals surface area contributed by atoms with Crippen LogP contribution >= 0.6 is 15.9 Å². The number of nitrogen functional groups attached to an aromatic ring is 1. The average molecular weight is 475 g/mol. The number of rotatable bonds is 6. The lowest BCUT2D eigenvalue weighted by Crippen LogP contribution is -2.41. The van der Waals surface area contributed by atoms with Gasteiger partial charge in [-0.2, -0.15) is 10.5 Å². The molecule has 0 radical (unpaired) electrons. The van der Waals surface area contributed by atoms with Gasteiger partial charge in [-0.05, 0) is 71.1 Å². The second-order valence-corrected chi connectivity index (χ2v) is 8.47. The smallest absolute Gasteiger partial charge is 0.254 e. The maximum atomic E-state index is 13.6. The Kier molecular flexibility index (Phi) is 5.83. The van der Waals surface area contributed by atoms with Gasteiger partial charge in [-0.15, -0.1) is 0 Å². The molecule has 154 valence electrons. The van der Waals surface area contributed by atoms with Crippen molar-refractivity contribution in [3.63, 3.8) is 0 Å². The van der Waals surface area contributed by atoms with E-state index >= 15 is 0 Å². The number of carbonyl (C=O) groups excluding carboxylic acids is 1. The molecule has 0 saturated heterocycles. The summed E-state index contributed by atoms with van der Waals surface area (Å²) in [5.41, 5.74) is 8.22. The SMILES string of the molecule is N#CC[C@@H](C1CC1)N(Cc1ccc(C#N)cn1)C(=O)c1ccc2nc(N)c(Br)cc2c1. The highest BCUT2D eigenvalue weighted by atomic mass is 79.9. The van der Waals surface area contributed by atoms with E-state index in [1.807, 2.05) is 12.1 Å². The summed E-state index contributed by atoms with van der Waals surface area (Å²) in [6, 6.07) is 14.7. The summed E-state index contributed by atoms with van der Waals surface area (Å²) in [6.07, 6.45) is 3.78. The van der Waals surface area contributed by atoms with Gasteiger partial charge in [0.25, 0.3) is 5.91 Å². The van der Waals surface area contributed by atoms with Crippen molar-refractivity contribution in [2.24, 2.45) is 5.92 Å². The van der Waals surface area contributed by atoms with Crippen LogP contribution in [0.25, 0.3) is 10.9 Å². The first-order chi connectivity index (χ1) is 15.0. The molecule has 1 fully saturated rings. The quantitative estimate of drug-likeness (QED) is 0.571. The van der Waals surface area contributed by atoms with Gasteiger partial charge >= 0.3 is 0 Å². The first-order valence-electron chi connectivity index (χ1n) is 9.89. The van der Waals surface area contributed by atoms with Gasteiger partial charge in [-0.25, -0.2) is 4.98 Å². The zero-order chi connectivity index (χ0) is 22.0. The molecule has 2 aromatic heterocycles. The number of benzene rings is 1. The molecule has 0 spiro atoms. The van der Waals surface area contributed by atoms with E-state index in [0.717, 1.165) is 18.2 Å². The van der Waals surface area contributed by atoms with Crippen LogP contribution in [0.4, 0.5) is 5.82 Å². The van der Waals surface area contributed by atoms with Gasteiger partial charge in [-0.3, -0.25) is 9.78 Å². The number of aromatic nitrogens is 2. The molecule has 4 rings (SSSR count). The zero-order valence-electron chi connectivity index (χ0n) is 16.6. The Bertz CT molecular complexity index is 1220. The molecule has 7 nitrogen and oxygen atoms in total. The third-order valence-corrected chi connectivity index (χ3v) is 6.09. The normalized spacial score (nSPS) is 13.9. The highest BCUT2D eigenvalue weighted by Gasteiger charge is 2.37. The molecule has 0 aliphatic heterocycles. The molecule has 31 heavy (non-hydrogen) atoms. The van der Waals surface area contributed by atoms with E-state index in [1.165, 1.54) is 6.20 Å². The van der Waals surface area contributed by atoms with E-state index in [2.05, 4.69) is 32.0 Å². The van der Waals surface area contributed by atoms with Gasteiger partial charge in [0, 0.05) is 23.2 Å². The van der Waals surface area contributed by atoms with Crippen LogP contribution in [0, 0.1) is 28.6 Å². The van der Waals surface area contributed by atoms with E-state index < -0.39 is 0 Å². The molecule has 1 aliphatic carbocycles. The Morgan fingerprint density at radius 2 is 2.06 bits per heavy atom. The minimum Gasteiger partial charge on any atom is -0.383 e. The first kappa shape index (κ1) is 20.8. The predicted octanol–water partition coefficient (Wildman–Crippen LogP) is 4.18. The number of anilines is 1. The predicted molar refractivity (Wildman–Crippen MR) is 119 cm³/mol. The lowest BCUT2D eigenvalue weighted by atomic mass is 10.0. The summed E-state index contributed by atoms with van der Waals surface area (Å²) < 4.78 is 0.670. The summed E-state index contributed by atoms with van der Waals surface area (Å²) in [5, 5.41) is 19.2. The molecule has 8 heteroatoms. The van der Waals surface area contributed by atoms with Crippen LogP contribution in [-0.4, -0.2) is 26.8 Å². The number of nitrogens with two attached hydrogens (primary N) is 1. The Morgan fingerprint density at radius 3 is 2.71 bits per heavy atom. The van der Waals surface area contributed by atoms with Gasteiger partial charge in [0.05, 0.1) is 40.3 Å². The topological polar surface area (TPSA) is 120 Å². The second-order valence-electron chi connectivity index (χ2n) is 7.61. The van der Waals surface area contributed by atoms with E-state index in [0.29, 0.717) is 38.5 Å². The molecule has 1 saturated carbocycles. The Hall–Kier alpha value is -3.49. The van der Waals surface area contributed by atoms with Gasteiger partial charge in [0.1, 0.15) is 11.9 Å². The first-order valence-corrected chi connectivity index (χ1v) is 10.7. The van der Waals surface area contributed by atoms with Crippen molar-refractivity contribution in [2.75, 3.05) is 5.73 Å². The number of carbonyl (C=O) groups is 1. The summed E-state index contributed by atoms with van der Waals surface area (Å²) >= 11 is 3.38. The molecule has 2 N–H and O–H groups in total. The average Bonchev–Trinajstić information content (AvgIpc) is 3.62. The third-order valence-electron chi connectivity index (χ3n) is 5.46. The fourth-order valence-electron chi connectivity index (χ4n) is 3.67. The van der Waals surface area contributed by atoms with Crippen LogP contribution in [0.5, 0.6) is 0 Å². The van der Waals surface area contributed by atoms with Crippen molar-refractivity contribution < 1.29 is 4.79 Å².